The summed E-state index contributed by atoms with van der Waals surface area (Å²) < 4.78 is 45.3. The first kappa shape index (κ1) is 24.7. The van der Waals surface area contributed by atoms with Crippen molar-refractivity contribution in [2.24, 2.45) is 4.99 Å². The Morgan fingerprint density at radius 2 is 1.74 bits per heavy atom. The van der Waals surface area contributed by atoms with E-state index in [4.69, 9.17) is 4.74 Å². The van der Waals surface area contributed by atoms with Gasteiger partial charge in [-0.05, 0) is 62.0 Å². The van der Waals surface area contributed by atoms with Crippen molar-refractivity contribution >= 4 is 17.2 Å². The number of ether oxygens (including phenoxy) is 1. The number of halogens is 3. The minimum atomic E-state index is -4.48. The van der Waals surface area contributed by atoms with Gasteiger partial charge in [0.15, 0.2) is 5.78 Å². The molecule has 0 saturated carbocycles. The molecule has 3 aromatic carbocycles. The number of nitrogens with zero attached hydrogens (tertiary/aromatic N) is 2. The van der Waals surface area contributed by atoms with E-state index < -0.39 is 11.7 Å². The summed E-state index contributed by atoms with van der Waals surface area (Å²) in [5.74, 6) is 0.557. The van der Waals surface area contributed by atoms with E-state index in [0.717, 1.165) is 35.6 Å². The van der Waals surface area contributed by atoms with Gasteiger partial charge in [0.2, 0.25) is 0 Å². The van der Waals surface area contributed by atoms with Crippen LogP contribution >= 0.6 is 0 Å². The molecule has 4 nitrogen and oxygen atoms in total. The van der Waals surface area contributed by atoms with Crippen molar-refractivity contribution in [1.82, 2.24) is 4.90 Å². The smallest absolute Gasteiger partial charge is 0.416 e. The van der Waals surface area contributed by atoms with E-state index in [1.54, 1.807) is 0 Å². The third-order valence-electron chi connectivity index (χ3n) is 6.02. The number of hydrogen-bond donors (Lipinski definition) is 0. The van der Waals surface area contributed by atoms with Crippen LogP contribution in [0, 0.1) is 0 Å². The van der Waals surface area contributed by atoms with Crippen molar-refractivity contribution in [1.29, 1.82) is 0 Å². The van der Waals surface area contributed by atoms with Gasteiger partial charge >= 0.3 is 6.18 Å². The molecule has 0 bridgehead atoms. The number of hydrogen-bond acceptors (Lipinski definition) is 4. The molecule has 1 unspecified atom stereocenters. The molecule has 0 saturated heterocycles. The van der Waals surface area contributed by atoms with E-state index in [2.05, 4.69) is 4.99 Å². The number of aliphatic imine (C=N–C) groups is 1. The van der Waals surface area contributed by atoms with Crippen LogP contribution in [0.4, 0.5) is 18.9 Å². The molecule has 0 radical (unpaired) electrons. The van der Waals surface area contributed by atoms with Gasteiger partial charge in [0.05, 0.1) is 11.3 Å². The molecule has 0 aliphatic heterocycles. The Kier molecular flexibility index (Phi) is 7.36. The first-order chi connectivity index (χ1) is 16.7. The van der Waals surface area contributed by atoms with Gasteiger partial charge in [-0.2, -0.15) is 13.2 Å². The summed E-state index contributed by atoms with van der Waals surface area (Å²) >= 11 is 0. The van der Waals surface area contributed by atoms with Gasteiger partial charge in [-0.25, -0.2) is 4.99 Å². The number of likely N-dealkylation sites (N-methyl/N-ethyl adjacent to an activating group) is 1. The molecule has 1 atom stereocenters. The fourth-order valence-electron chi connectivity index (χ4n) is 4.21. The van der Waals surface area contributed by atoms with E-state index in [1.165, 1.54) is 12.1 Å². The average Bonchev–Trinajstić information content (AvgIpc) is 2.96. The molecule has 0 fully saturated rings. The molecule has 0 N–H and O–H groups in total. The first-order valence-electron chi connectivity index (χ1n) is 11.5. The van der Waals surface area contributed by atoms with Crippen molar-refractivity contribution < 1.29 is 22.7 Å². The number of fused-ring (bicyclic) bond motifs is 1. The topological polar surface area (TPSA) is 41.9 Å². The van der Waals surface area contributed by atoms with Crippen LogP contribution < -0.4 is 4.74 Å². The fraction of sp³-hybridized carbons (Fsp3) is 0.286. The maximum atomic E-state index is 13.2. The summed E-state index contributed by atoms with van der Waals surface area (Å²) in [4.78, 5) is 19.5. The van der Waals surface area contributed by atoms with Crippen LogP contribution in [0.25, 0.3) is 0 Å². The van der Waals surface area contributed by atoms with Crippen molar-refractivity contribution in [3.63, 3.8) is 0 Å². The molecule has 3 aromatic rings. The quantitative estimate of drug-likeness (QED) is 0.391. The molecule has 0 amide bonds. The Labute approximate surface area is 203 Å². The SMILES string of the molecule is CN(C)CCOc1ccc(C2CCC(=O)C(=Nc3cccc(C(F)(F)F)c3)c3ccccc32)cc1. The first-order valence-corrected chi connectivity index (χ1v) is 11.5. The summed E-state index contributed by atoms with van der Waals surface area (Å²) in [6.45, 7) is 1.40. The van der Waals surface area contributed by atoms with Crippen LogP contribution in [-0.2, 0) is 11.0 Å². The largest absolute Gasteiger partial charge is 0.492 e. The van der Waals surface area contributed by atoms with Crippen LogP contribution in [0.5, 0.6) is 5.75 Å². The molecule has 182 valence electrons. The molecule has 4 rings (SSSR count). The van der Waals surface area contributed by atoms with Crippen LogP contribution in [0.15, 0.2) is 77.8 Å². The van der Waals surface area contributed by atoms with Gasteiger partial charge in [-0.3, -0.25) is 4.79 Å². The van der Waals surface area contributed by atoms with Crippen LogP contribution in [0.2, 0.25) is 0 Å². The molecule has 0 heterocycles. The summed E-state index contributed by atoms with van der Waals surface area (Å²) in [7, 11) is 3.98. The minimum Gasteiger partial charge on any atom is -0.492 e. The zero-order valence-electron chi connectivity index (χ0n) is 19.7. The van der Waals surface area contributed by atoms with Crippen LogP contribution in [-0.4, -0.2) is 43.6 Å². The monoisotopic (exact) mass is 480 g/mol. The molecule has 1 aliphatic rings. The van der Waals surface area contributed by atoms with E-state index in [-0.39, 0.29) is 29.5 Å². The lowest BCUT2D eigenvalue weighted by Gasteiger charge is -2.18. The molecule has 0 aromatic heterocycles. The number of Topliss-reactive ketones (excluding diaryl/α,β-unsaturated/α-hetero) is 1. The highest BCUT2D eigenvalue weighted by molar-refractivity contribution is 6.47. The highest BCUT2D eigenvalue weighted by Gasteiger charge is 2.31. The van der Waals surface area contributed by atoms with Gasteiger partial charge in [0.1, 0.15) is 18.1 Å². The third kappa shape index (κ3) is 5.98. The maximum absolute atomic E-state index is 13.2. The second-order valence-corrected chi connectivity index (χ2v) is 8.83. The number of alkyl halides is 3. The predicted octanol–water partition coefficient (Wildman–Crippen LogP) is 6.26. The Morgan fingerprint density at radius 1 is 1.00 bits per heavy atom. The number of carbonyl (C=O) groups excluding carboxylic acids is 1. The highest BCUT2D eigenvalue weighted by atomic mass is 19.4. The third-order valence-corrected chi connectivity index (χ3v) is 6.02. The van der Waals surface area contributed by atoms with Gasteiger partial charge in [-0.1, -0.05) is 42.5 Å². The standard InChI is InChI=1S/C28H27F3N2O2/c1-33(2)16-17-35-22-12-10-19(11-13-22)23-14-15-26(34)27(25-9-4-3-8-24(23)25)32-21-7-5-6-20(18-21)28(29,30)31/h3-13,18,23H,14-17H2,1-2H3. The number of rotatable bonds is 6. The zero-order valence-corrected chi connectivity index (χ0v) is 19.7. The minimum absolute atomic E-state index is 0.0415. The van der Waals surface area contributed by atoms with E-state index in [9.17, 15) is 18.0 Å². The lowest BCUT2D eigenvalue weighted by atomic mass is 9.86. The molecule has 0 spiro atoms. The molecule has 35 heavy (non-hydrogen) atoms. The highest BCUT2D eigenvalue weighted by Crippen LogP contribution is 2.37. The lowest BCUT2D eigenvalue weighted by molar-refractivity contribution is -0.137. The Hall–Kier alpha value is -3.45. The summed E-state index contributed by atoms with van der Waals surface area (Å²) in [6.07, 6.45) is -3.65. The lowest BCUT2D eigenvalue weighted by Crippen LogP contribution is -2.19. The summed E-state index contributed by atoms with van der Waals surface area (Å²) in [5, 5.41) is 0. The van der Waals surface area contributed by atoms with E-state index in [0.29, 0.717) is 18.6 Å². The Balaban J connectivity index is 1.66. The second-order valence-electron chi connectivity index (χ2n) is 8.83. The molecule has 1 aliphatic carbocycles. The van der Waals surface area contributed by atoms with Crippen molar-refractivity contribution in [3.8, 4) is 5.75 Å². The summed E-state index contributed by atoms with van der Waals surface area (Å²) in [5.41, 5.74) is 2.15. The second kappa shape index (κ2) is 10.4. The Morgan fingerprint density at radius 3 is 2.46 bits per heavy atom. The normalized spacial score (nSPS) is 17.4. The van der Waals surface area contributed by atoms with Gasteiger partial charge < -0.3 is 9.64 Å². The Bertz CT molecular complexity index is 1220. The summed E-state index contributed by atoms with van der Waals surface area (Å²) in [6, 6.07) is 20.1. The van der Waals surface area contributed by atoms with Crippen molar-refractivity contribution in [3.05, 3.63) is 95.1 Å². The number of ketones is 1. The van der Waals surface area contributed by atoms with Crippen molar-refractivity contribution in [2.75, 3.05) is 27.2 Å². The van der Waals surface area contributed by atoms with E-state index >= 15 is 0 Å². The molecular formula is C28H27F3N2O2. The maximum Gasteiger partial charge on any atom is 0.416 e. The van der Waals surface area contributed by atoms with Gasteiger partial charge in [0, 0.05) is 24.4 Å². The fourth-order valence-corrected chi connectivity index (χ4v) is 4.21. The van der Waals surface area contributed by atoms with Crippen molar-refractivity contribution in [2.45, 2.75) is 24.9 Å². The van der Waals surface area contributed by atoms with Gasteiger partial charge in [-0.15, -0.1) is 0 Å². The van der Waals surface area contributed by atoms with E-state index in [1.807, 2.05) is 67.5 Å². The number of benzene rings is 3. The zero-order chi connectivity index (χ0) is 25.0. The van der Waals surface area contributed by atoms with Crippen LogP contribution in [0.3, 0.4) is 0 Å². The van der Waals surface area contributed by atoms with Gasteiger partial charge in [0.25, 0.3) is 0 Å². The van der Waals surface area contributed by atoms with Crippen LogP contribution in [0.1, 0.15) is 41.0 Å². The molecular weight excluding hydrogens is 453 g/mol. The average molecular weight is 481 g/mol. The predicted molar refractivity (Wildman–Crippen MR) is 131 cm³/mol. The molecule has 7 heteroatoms. The number of carbonyl (C=O) groups is 1.